The van der Waals surface area contributed by atoms with Gasteiger partial charge in [0.1, 0.15) is 0 Å². The molecule has 1 N–H and O–H groups in total. The van der Waals surface area contributed by atoms with Crippen LogP contribution in [0.5, 0.6) is 0 Å². The van der Waals surface area contributed by atoms with E-state index in [0.29, 0.717) is 5.92 Å². The van der Waals surface area contributed by atoms with Crippen LogP contribution < -0.4 is 5.09 Å². The van der Waals surface area contributed by atoms with E-state index in [1.807, 2.05) is 0 Å². The van der Waals surface area contributed by atoms with Crippen molar-refractivity contribution in [1.82, 2.24) is 5.09 Å². The predicted octanol–water partition coefficient (Wildman–Crippen LogP) is 3.03. The summed E-state index contributed by atoms with van der Waals surface area (Å²) < 4.78 is 16.8. The van der Waals surface area contributed by atoms with Crippen molar-refractivity contribution in [3.8, 4) is 0 Å². The van der Waals surface area contributed by atoms with Gasteiger partial charge in [-0.15, -0.1) is 0 Å². The maximum Gasteiger partial charge on any atom is 0.361 e. The summed E-state index contributed by atoms with van der Waals surface area (Å²) >= 11 is 0. The van der Waals surface area contributed by atoms with Gasteiger partial charge in [0.15, 0.2) is 0 Å². The summed E-state index contributed by atoms with van der Waals surface area (Å²) in [4.78, 5) is 3.70. The van der Waals surface area contributed by atoms with Gasteiger partial charge in [0.05, 0.1) is 6.34 Å². The second-order valence-electron chi connectivity index (χ2n) is 2.95. The van der Waals surface area contributed by atoms with Gasteiger partial charge in [0.2, 0.25) is 0 Å². The quantitative estimate of drug-likeness (QED) is 0.328. The van der Waals surface area contributed by atoms with E-state index < -0.39 is 6.72 Å². The van der Waals surface area contributed by atoms with Crippen molar-refractivity contribution < 1.29 is 9.09 Å². The Hall–Kier alpha value is 0.360. The molecule has 84 valence electrons. The maximum atomic E-state index is 11.8. The van der Waals surface area contributed by atoms with Crippen LogP contribution in [0.25, 0.3) is 0 Å². The van der Waals surface area contributed by atoms with Gasteiger partial charge < -0.3 is 4.52 Å². The zero-order valence-electron chi connectivity index (χ0n) is 8.89. The molecule has 0 rings (SSSR count). The van der Waals surface area contributed by atoms with Crippen LogP contribution in [0, 0.1) is 5.92 Å². The zero-order chi connectivity index (χ0) is 11.0. The van der Waals surface area contributed by atoms with Crippen molar-refractivity contribution in [2.45, 2.75) is 13.8 Å². The molecular formula is C7H17N2O2PS2. The molecular weight excluding hydrogens is 239 g/mol. The highest BCUT2D eigenvalue weighted by Gasteiger charge is 2.21. The highest BCUT2D eigenvalue weighted by molar-refractivity contribution is 8.99. The van der Waals surface area contributed by atoms with Gasteiger partial charge in [-0.25, -0.2) is 0 Å². The number of hydrogen-bond acceptors (Lipinski definition) is 5. The Morgan fingerprint density at radius 2 is 2.29 bits per heavy atom. The van der Waals surface area contributed by atoms with Gasteiger partial charge in [0.25, 0.3) is 0 Å². The third-order valence-electron chi connectivity index (χ3n) is 1.14. The lowest BCUT2D eigenvalue weighted by atomic mass is 10.3. The smallest absolute Gasteiger partial charge is 0.309 e. The largest absolute Gasteiger partial charge is 0.361 e. The average Bonchev–Trinajstić information content (AvgIpc) is 2.14. The molecule has 14 heavy (non-hydrogen) atoms. The monoisotopic (exact) mass is 256 g/mol. The number of aliphatic imine (C=N–C) groups is 1. The molecule has 0 aliphatic rings. The van der Waals surface area contributed by atoms with Crippen molar-refractivity contribution >= 4 is 34.3 Å². The van der Waals surface area contributed by atoms with E-state index in [0.717, 1.165) is 5.75 Å². The first-order valence-corrected chi connectivity index (χ1v) is 8.74. The number of nitrogens with one attached hydrogen (secondary N) is 1. The predicted molar refractivity (Wildman–Crippen MR) is 67.1 cm³/mol. The normalized spacial score (nSPS) is 16.1. The van der Waals surface area contributed by atoms with E-state index in [1.165, 1.54) is 23.9 Å². The van der Waals surface area contributed by atoms with E-state index in [1.54, 1.807) is 17.8 Å². The van der Waals surface area contributed by atoms with Crippen molar-refractivity contribution in [3.05, 3.63) is 0 Å². The molecule has 0 aliphatic carbocycles. The first-order chi connectivity index (χ1) is 6.54. The fourth-order valence-electron chi connectivity index (χ4n) is 0.469. The SMILES string of the molecule is CN=CNP(=O)(OC)SSCC(C)C. The minimum Gasteiger partial charge on any atom is -0.309 e. The van der Waals surface area contributed by atoms with Crippen molar-refractivity contribution in [2.24, 2.45) is 10.9 Å². The second kappa shape index (κ2) is 7.63. The minimum atomic E-state index is -2.79. The molecule has 0 aliphatic heterocycles. The van der Waals surface area contributed by atoms with Gasteiger partial charge in [0, 0.05) is 30.3 Å². The topological polar surface area (TPSA) is 50.7 Å². The first-order valence-electron chi connectivity index (χ1n) is 4.19. The minimum absolute atomic E-state index is 0.581. The second-order valence-corrected chi connectivity index (χ2v) is 9.22. The van der Waals surface area contributed by atoms with Crippen LogP contribution in [0.3, 0.4) is 0 Å². The molecule has 1 atom stereocenters. The third-order valence-corrected chi connectivity index (χ3v) is 7.95. The molecule has 0 fully saturated rings. The Kier molecular flexibility index (Phi) is 7.82. The summed E-state index contributed by atoms with van der Waals surface area (Å²) in [6.07, 6.45) is 1.40. The van der Waals surface area contributed by atoms with E-state index >= 15 is 0 Å². The first kappa shape index (κ1) is 14.4. The molecule has 0 spiro atoms. The fourth-order valence-corrected chi connectivity index (χ4v) is 6.01. The molecule has 0 bridgehead atoms. The summed E-state index contributed by atoms with van der Waals surface area (Å²) in [5, 5.41) is 2.65. The summed E-state index contributed by atoms with van der Waals surface area (Å²) in [7, 11) is 5.83. The van der Waals surface area contributed by atoms with Crippen molar-refractivity contribution in [1.29, 1.82) is 0 Å². The van der Waals surface area contributed by atoms with Crippen LogP contribution in [0.2, 0.25) is 0 Å². The standard InChI is InChI=1S/C7H17N2O2PS2/c1-7(2)5-13-14-12(10,11-4)9-6-8-3/h6-7H,5H2,1-4H3,(H,8,9,10). The van der Waals surface area contributed by atoms with Crippen molar-refractivity contribution in [3.63, 3.8) is 0 Å². The van der Waals surface area contributed by atoms with Crippen LogP contribution in [0.4, 0.5) is 0 Å². The Labute approximate surface area is 93.3 Å². The summed E-state index contributed by atoms with van der Waals surface area (Å²) in [6, 6.07) is 0. The molecule has 7 heteroatoms. The highest BCUT2D eigenvalue weighted by atomic mass is 33.3. The third kappa shape index (κ3) is 6.76. The Bertz CT molecular complexity index is 224. The fraction of sp³-hybridized carbons (Fsp3) is 0.857. The van der Waals surface area contributed by atoms with E-state index in [2.05, 4.69) is 23.9 Å². The van der Waals surface area contributed by atoms with E-state index in [4.69, 9.17) is 4.52 Å². The van der Waals surface area contributed by atoms with Crippen LogP contribution in [-0.4, -0.2) is 26.2 Å². The lowest BCUT2D eigenvalue weighted by molar-refractivity contribution is 0.406. The summed E-state index contributed by atoms with van der Waals surface area (Å²) in [5.41, 5.74) is 0. The highest BCUT2D eigenvalue weighted by Crippen LogP contribution is 2.60. The molecule has 0 aromatic carbocycles. The Balaban J connectivity index is 3.93. The number of rotatable bonds is 7. The zero-order valence-corrected chi connectivity index (χ0v) is 11.4. The molecule has 1 unspecified atom stereocenters. The number of hydrogen-bond donors (Lipinski definition) is 1. The van der Waals surface area contributed by atoms with Gasteiger partial charge in [-0.05, 0) is 5.92 Å². The van der Waals surface area contributed by atoms with Crippen LogP contribution in [0.1, 0.15) is 13.8 Å². The molecule has 0 aromatic heterocycles. The lowest BCUT2D eigenvalue weighted by Crippen LogP contribution is -2.05. The molecule has 0 aromatic rings. The van der Waals surface area contributed by atoms with Crippen LogP contribution in [-0.2, 0) is 9.09 Å². The maximum absolute atomic E-state index is 11.8. The molecule has 0 radical (unpaired) electrons. The molecule has 4 nitrogen and oxygen atoms in total. The molecule has 0 amide bonds. The number of nitrogens with zero attached hydrogens (tertiary/aromatic N) is 1. The summed E-state index contributed by atoms with van der Waals surface area (Å²) in [6.45, 7) is 1.44. The summed E-state index contributed by atoms with van der Waals surface area (Å²) in [5.74, 6) is 1.53. The van der Waals surface area contributed by atoms with Gasteiger partial charge in [-0.2, -0.15) is 0 Å². The van der Waals surface area contributed by atoms with Gasteiger partial charge in [-0.1, -0.05) is 24.6 Å². The molecule has 0 saturated heterocycles. The van der Waals surface area contributed by atoms with Crippen LogP contribution in [0.15, 0.2) is 4.99 Å². The average molecular weight is 256 g/mol. The Morgan fingerprint density at radius 3 is 2.71 bits per heavy atom. The Morgan fingerprint density at radius 1 is 1.64 bits per heavy atom. The molecule has 0 heterocycles. The van der Waals surface area contributed by atoms with Gasteiger partial charge >= 0.3 is 6.72 Å². The van der Waals surface area contributed by atoms with Crippen molar-refractivity contribution in [2.75, 3.05) is 19.9 Å². The van der Waals surface area contributed by atoms with E-state index in [-0.39, 0.29) is 0 Å². The van der Waals surface area contributed by atoms with Gasteiger partial charge in [-0.3, -0.25) is 14.6 Å². The molecule has 0 saturated carbocycles. The van der Waals surface area contributed by atoms with E-state index in [9.17, 15) is 4.57 Å². The lowest BCUT2D eigenvalue weighted by Gasteiger charge is -2.13. The van der Waals surface area contributed by atoms with Crippen LogP contribution >= 0.6 is 27.9 Å².